The lowest BCUT2D eigenvalue weighted by Crippen LogP contribution is -2.24. The van der Waals surface area contributed by atoms with Crippen LogP contribution in [0.3, 0.4) is 0 Å². The zero-order valence-electron chi connectivity index (χ0n) is 17.9. The first kappa shape index (κ1) is 20.8. The molecule has 1 aromatic carbocycles. The number of fused-ring (bicyclic) bond motifs is 3. The number of hydrogen-bond donors (Lipinski definition) is 1. The van der Waals surface area contributed by atoms with Crippen LogP contribution in [0.2, 0.25) is 0 Å². The summed E-state index contributed by atoms with van der Waals surface area (Å²) in [6, 6.07) is 7.77. The molecule has 1 saturated carbocycles. The molecule has 1 atom stereocenters. The Labute approximate surface area is 191 Å². The quantitative estimate of drug-likeness (QED) is 0.398. The van der Waals surface area contributed by atoms with Crippen LogP contribution >= 0.6 is 23.1 Å². The van der Waals surface area contributed by atoms with Gasteiger partial charge in [-0.05, 0) is 61.3 Å². The Morgan fingerprint density at radius 2 is 2.03 bits per heavy atom. The summed E-state index contributed by atoms with van der Waals surface area (Å²) < 4.78 is 5.19. The maximum Gasteiger partial charge on any atom is 0.230 e. The van der Waals surface area contributed by atoms with Crippen molar-refractivity contribution in [3.05, 3.63) is 46.1 Å². The molecular formula is C24H27N3O2S2. The summed E-state index contributed by atoms with van der Waals surface area (Å²) in [5.41, 5.74) is 2.49. The standard InChI is InChI=1S/C24H27N3O2S2/c1-14-3-10-18-19(11-14)31-24-21(18)23(26-22(27-24)16-6-7-16)30-13-20(28)25-12-15-4-8-17(29-2)9-5-15/h4-5,8-9,14,16H,3,6-7,10-13H2,1-2H3,(H,25,28). The maximum atomic E-state index is 12.6. The topological polar surface area (TPSA) is 64.1 Å². The number of ether oxygens (including phenoxy) is 1. The van der Waals surface area contributed by atoms with E-state index in [2.05, 4.69) is 12.2 Å². The van der Waals surface area contributed by atoms with Crippen molar-refractivity contribution in [2.75, 3.05) is 12.9 Å². The number of benzene rings is 1. The van der Waals surface area contributed by atoms with Crippen molar-refractivity contribution in [1.82, 2.24) is 15.3 Å². The number of aryl methyl sites for hydroxylation is 1. The molecule has 1 N–H and O–H groups in total. The van der Waals surface area contributed by atoms with E-state index in [1.54, 1.807) is 18.9 Å². The van der Waals surface area contributed by atoms with Gasteiger partial charge in [-0.1, -0.05) is 30.8 Å². The maximum absolute atomic E-state index is 12.6. The van der Waals surface area contributed by atoms with Gasteiger partial charge in [0.15, 0.2) is 0 Å². The molecule has 2 aliphatic rings. The molecule has 5 rings (SSSR count). The van der Waals surface area contributed by atoms with E-state index < -0.39 is 0 Å². The van der Waals surface area contributed by atoms with Gasteiger partial charge in [0, 0.05) is 22.7 Å². The molecule has 7 heteroatoms. The number of thiophene rings is 1. The Morgan fingerprint density at radius 3 is 2.77 bits per heavy atom. The number of methoxy groups -OCH3 is 1. The number of rotatable bonds is 7. The van der Waals surface area contributed by atoms with Crippen LogP contribution in [0.15, 0.2) is 29.3 Å². The van der Waals surface area contributed by atoms with Crippen LogP contribution < -0.4 is 10.1 Å². The highest BCUT2D eigenvalue weighted by atomic mass is 32.2. The molecule has 31 heavy (non-hydrogen) atoms. The van der Waals surface area contributed by atoms with Crippen molar-refractivity contribution in [2.24, 2.45) is 5.92 Å². The molecular weight excluding hydrogens is 426 g/mol. The minimum absolute atomic E-state index is 0.0262. The van der Waals surface area contributed by atoms with Gasteiger partial charge in [0.2, 0.25) is 5.91 Å². The van der Waals surface area contributed by atoms with Crippen LogP contribution in [0.5, 0.6) is 5.75 Å². The predicted octanol–water partition coefficient (Wildman–Crippen LogP) is 5.11. The lowest BCUT2D eigenvalue weighted by molar-refractivity contribution is -0.118. The second-order valence-electron chi connectivity index (χ2n) is 8.61. The molecule has 1 fully saturated rings. The van der Waals surface area contributed by atoms with Gasteiger partial charge in [-0.2, -0.15) is 0 Å². The summed E-state index contributed by atoms with van der Waals surface area (Å²) in [6.07, 6.45) is 5.82. The van der Waals surface area contributed by atoms with E-state index in [4.69, 9.17) is 14.7 Å². The number of amides is 1. The van der Waals surface area contributed by atoms with Crippen LogP contribution in [-0.4, -0.2) is 28.7 Å². The highest BCUT2D eigenvalue weighted by molar-refractivity contribution is 8.00. The molecule has 0 radical (unpaired) electrons. The Balaban J connectivity index is 1.31. The largest absolute Gasteiger partial charge is 0.497 e. The lowest BCUT2D eigenvalue weighted by Gasteiger charge is -2.18. The average molecular weight is 454 g/mol. The normalized spacial score (nSPS) is 18.1. The van der Waals surface area contributed by atoms with Crippen molar-refractivity contribution in [3.8, 4) is 5.75 Å². The van der Waals surface area contributed by atoms with E-state index in [0.717, 1.165) is 45.8 Å². The molecule has 2 aromatic heterocycles. The predicted molar refractivity (Wildman–Crippen MR) is 126 cm³/mol. The Morgan fingerprint density at radius 1 is 1.23 bits per heavy atom. The lowest BCUT2D eigenvalue weighted by atomic mass is 9.89. The van der Waals surface area contributed by atoms with Crippen LogP contribution in [0, 0.1) is 5.92 Å². The van der Waals surface area contributed by atoms with Crippen LogP contribution in [0.25, 0.3) is 10.2 Å². The number of carbonyl (C=O) groups is 1. The fourth-order valence-corrected chi connectivity index (χ4v) is 6.43. The number of hydrogen-bond acceptors (Lipinski definition) is 6. The fourth-order valence-electron chi connectivity index (χ4n) is 4.08. The molecule has 2 aliphatic carbocycles. The molecule has 0 bridgehead atoms. The third kappa shape index (κ3) is 4.58. The highest BCUT2D eigenvalue weighted by Gasteiger charge is 2.30. The number of nitrogens with one attached hydrogen (secondary N) is 1. The first-order valence-electron chi connectivity index (χ1n) is 11.0. The van der Waals surface area contributed by atoms with Crippen LogP contribution in [0.1, 0.15) is 53.9 Å². The van der Waals surface area contributed by atoms with Crippen molar-refractivity contribution < 1.29 is 9.53 Å². The van der Waals surface area contributed by atoms with Gasteiger partial charge in [-0.15, -0.1) is 11.3 Å². The van der Waals surface area contributed by atoms with Gasteiger partial charge < -0.3 is 10.1 Å². The number of thioether (sulfide) groups is 1. The Bertz CT molecular complexity index is 1110. The molecule has 0 aliphatic heterocycles. The van der Waals surface area contributed by atoms with E-state index in [9.17, 15) is 4.79 Å². The first-order valence-corrected chi connectivity index (χ1v) is 12.8. The van der Waals surface area contributed by atoms with Crippen LogP contribution in [-0.2, 0) is 24.2 Å². The molecule has 1 amide bonds. The second kappa shape index (κ2) is 8.79. The number of aromatic nitrogens is 2. The van der Waals surface area contributed by atoms with Crippen LogP contribution in [0.4, 0.5) is 0 Å². The van der Waals surface area contributed by atoms with Gasteiger partial charge in [-0.3, -0.25) is 4.79 Å². The number of carbonyl (C=O) groups excluding carboxylic acids is 1. The molecule has 0 spiro atoms. The van der Waals surface area contributed by atoms with Crippen molar-refractivity contribution in [1.29, 1.82) is 0 Å². The van der Waals surface area contributed by atoms with E-state index in [1.165, 1.54) is 35.1 Å². The Hall–Kier alpha value is -2.12. The summed E-state index contributed by atoms with van der Waals surface area (Å²) in [6.45, 7) is 2.85. The van der Waals surface area contributed by atoms with Gasteiger partial charge in [-0.25, -0.2) is 9.97 Å². The summed E-state index contributed by atoms with van der Waals surface area (Å²) >= 11 is 3.41. The van der Waals surface area contributed by atoms with E-state index in [-0.39, 0.29) is 5.91 Å². The molecule has 2 heterocycles. The van der Waals surface area contributed by atoms with Crippen molar-refractivity contribution >= 4 is 39.2 Å². The summed E-state index contributed by atoms with van der Waals surface area (Å²) in [7, 11) is 1.65. The minimum Gasteiger partial charge on any atom is -0.497 e. The SMILES string of the molecule is COc1ccc(CNC(=O)CSc2nc(C3CC3)nc3sc4c(c23)CCC(C)C4)cc1. The zero-order valence-corrected chi connectivity index (χ0v) is 19.6. The number of nitrogens with zero attached hydrogens (tertiary/aromatic N) is 2. The third-order valence-electron chi connectivity index (χ3n) is 6.07. The monoisotopic (exact) mass is 453 g/mol. The molecule has 1 unspecified atom stereocenters. The Kier molecular flexibility index (Phi) is 5.89. The van der Waals surface area contributed by atoms with Gasteiger partial charge in [0.1, 0.15) is 21.4 Å². The van der Waals surface area contributed by atoms with Crippen molar-refractivity contribution in [2.45, 2.75) is 56.5 Å². The van der Waals surface area contributed by atoms with Crippen molar-refractivity contribution in [3.63, 3.8) is 0 Å². The van der Waals surface area contributed by atoms with Gasteiger partial charge in [0.25, 0.3) is 0 Å². The van der Waals surface area contributed by atoms with Gasteiger partial charge >= 0.3 is 0 Å². The molecule has 0 saturated heterocycles. The zero-order chi connectivity index (χ0) is 21.4. The second-order valence-corrected chi connectivity index (χ2v) is 10.7. The third-order valence-corrected chi connectivity index (χ3v) is 8.19. The molecule has 3 aromatic rings. The van der Waals surface area contributed by atoms with E-state index in [1.807, 2.05) is 35.6 Å². The highest BCUT2D eigenvalue weighted by Crippen LogP contribution is 2.44. The minimum atomic E-state index is 0.0262. The molecule has 162 valence electrons. The summed E-state index contributed by atoms with van der Waals surface area (Å²) in [5.74, 6) is 3.42. The fraction of sp³-hybridized carbons (Fsp3) is 0.458. The van der Waals surface area contributed by atoms with E-state index >= 15 is 0 Å². The summed E-state index contributed by atoms with van der Waals surface area (Å²) in [4.78, 5) is 25.0. The summed E-state index contributed by atoms with van der Waals surface area (Å²) in [5, 5.41) is 5.24. The van der Waals surface area contributed by atoms with Gasteiger partial charge in [0.05, 0.1) is 12.9 Å². The average Bonchev–Trinajstić information content (AvgIpc) is 3.57. The smallest absolute Gasteiger partial charge is 0.230 e. The first-order chi connectivity index (χ1) is 15.1. The van der Waals surface area contributed by atoms with E-state index in [0.29, 0.717) is 18.2 Å². The molecule has 5 nitrogen and oxygen atoms in total.